The Balaban J connectivity index is 2.18. The second kappa shape index (κ2) is 1.17. The molecular weight excluding hydrogens is 149 g/mol. The Labute approximate surface area is 54.0 Å². The third kappa shape index (κ3) is 0.413. The molecule has 1 saturated carbocycles. The highest BCUT2D eigenvalue weighted by Crippen LogP contribution is 2.64. The largest absolute Gasteiger partial charge is 0.448 e. The van der Waals surface area contributed by atoms with Crippen LogP contribution in [0.2, 0.25) is 0 Å². The van der Waals surface area contributed by atoms with Gasteiger partial charge in [0.25, 0.3) is 0 Å². The van der Waals surface area contributed by atoms with Crippen LogP contribution >= 0.6 is 0 Å². The molecule has 5 heteroatoms. The van der Waals surface area contributed by atoms with E-state index in [9.17, 15) is 18.0 Å². The van der Waals surface area contributed by atoms with Gasteiger partial charge in [-0.2, -0.15) is 13.2 Å². The normalized spacial score (nSPS) is 43.5. The molecule has 2 atom stereocenters. The Bertz CT molecular complexity index is 209. The van der Waals surface area contributed by atoms with E-state index in [4.69, 9.17) is 0 Å². The third-order valence-corrected chi connectivity index (χ3v) is 1.96. The van der Waals surface area contributed by atoms with E-state index >= 15 is 0 Å². The molecule has 2 aliphatic rings. The Hall–Kier alpha value is -0.740. The summed E-state index contributed by atoms with van der Waals surface area (Å²) in [5, 5.41) is 0. The van der Waals surface area contributed by atoms with Gasteiger partial charge in [0.15, 0.2) is 0 Å². The average molecular weight is 152 g/mol. The quantitative estimate of drug-likeness (QED) is 0.481. The molecule has 0 N–H and O–H groups in total. The molecule has 1 aliphatic heterocycles. The van der Waals surface area contributed by atoms with Crippen LogP contribution < -0.4 is 0 Å². The van der Waals surface area contributed by atoms with Crippen molar-refractivity contribution in [2.24, 2.45) is 5.92 Å². The number of carbonyl (C=O) groups is 1. The van der Waals surface area contributed by atoms with Crippen LogP contribution in [0, 0.1) is 5.92 Å². The number of hydrogen-bond acceptors (Lipinski definition) is 2. The lowest BCUT2D eigenvalue weighted by molar-refractivity contribution is -0.261. The number of rotatable bonds is 0. The van der Waals surface area contributed by atoms with E-state index in [0.717, 1.165) is 0 Å². The Morgan fingerprint density at radius 3 is 2.30 bits per heavy atom. The molecule has 0 bridgehead atoms. The van der Waals surface area contributed by atoms with Gasteiger partial charge in [-0.25, -0.2) is 0 Å². The van der Waals surface area contributed by atoms with Gasteiger partial charge in [0.2, 0.25) is 5.60 Å². The molecule has 1 aliphatic carbocycles. The fourth-order valence-corrected chi connectivity index (χ4v) is 1.19. The molecule has 10 heavy (non-hydrogen) atoms. The van der Waals surface area contributed by atoms with Gasteiger partial charge in [-0.15, -0.1) is 0 Å². The van der Waals surface area contributed by atoms with Gasteiger partial charge in [-0.05, 0) is 0 Å². The summed E-state index contributed by atoms with van der Waals surface area (Å²) in [5.74, 6) is -1.59. The fraction of sp³-hybridized carbons (Fsp3) is 0.800. The Morgan fingerprint density at radius 1 is 1.60 bits per heavy atom. The first-order chi connectivity index (χ1) is 4.47. The number of carbonyl (C=O) groups excluding carboxylic acids is 1. The Kier molecular flexibility index (Phi) is 0.704. The van der Waals surface area contributed by atoms with Crippen molar-refractivity contribution in [1.29, 1.82) is 0 Å². The molecule has 0 aromatic rings. The number of fused-ring (bicyclic) bond motifs is 1. The van der Waals surface area contributed by atoms with Crippen LogP contribution in [-0.4, -0.2) is 17.7 Å². The highest BCUT2D eigenvalue weighted by atomic mass is 19.4. The first-order valence-electron chi connectivity index (χ1n) is 2.77. The van der Waals surface area contributed by atoms with Crippen LogP contribution in [0.25, 0.3) is 0 Å². The van der Waals surface area contributed by atoms with Crippen molar-refractivity contribution in [3.8, 4) is 0 Å². The van der Waals surface area contributed by atoms with Crippen LogP contribution in [0.3, 0.4) is 0 Å². The molecule has 2 rings (SSSR count). The lowest BCUT2D eigenvalue weighted by Crippen LogP contribution is -2.47. The summed E-state index contributed by atoms with van der Waals surface area (Å²) in [6.45, 7) is 0. The van der Waals surface area contributed by atoms with Crippen molar-refractivity contribution in [3.05, 3.63) is 0 Å². The van der Waals surface area contributed by atoms with Crippen LogP contribution in [0.5, 0.6) is 0 Å². The topological polar surface area (TPSA) is 26.3 Å². The van der Waals surface area contributed by atoms with E-state index in [0.29, 0.717) is 0 Å². The average Bonchev–Trinajstić information content (AvgIpc) is 2.34. The first kappa shape index (κ1) is 6.00. The zero-order valence-corrected chi connectivity index (χ0v) is 4.73. The minimum atomic E-state index is -4.36. The summed E-state index contributed by atoms with van der Waals surface area (Å²) in [6, 6.07) is 0. The predicted molar refractivity (Wildman–Crippen MR) is 23.0 cm³/mol. The van der Waals surface area contributed by atoms with Crippen molar-refractivity contribution >= 4 is 5.97 Å². The van der Waals surface area contributed by atoms with E-state index in [1.165, 1.54) is 0 Å². The summed E-state index contributed by atoms with van der Waals surface area (Å²) in [4.78, 5) is 10.2. The predicted octanol–water partition coefficient (Wildman–Crippen LogP) is 0.864. The Morgan fingerprint density at radius 2 is 2.20 bits per heavy atom. The molecule has 0 amide bonds. The molecule has 2 unspecified atom stereocenters. The standard InChI is InChI=1S/C5H3F3O2/c6-5(7,8)4-1-2(4)3(9)10-4/h2H,1H2. The van der Waals surface area contributed by atoms with Crippen LogP contribution in [-0.2, 0) is 9.53 Å². The minimum absolute atomic E-state index is 0.171. The number of ether oxygens (including phenoxy) is 1. The zero-order chi connectivity index (χ0) is 7.57. The number of halogens is 3. The molecule has 2 fully saturated rings. The number of alkyl halides is 3. The van der Waals surface area contributed by atoms with Crippen molar-refractivity contribution in [2.75, 3.05) is 0 Å². The van der Waals surface area contributed by atoms with Crippen molar-refractivity contribution in [2.45, 2.75) is 18.2 Å². The van der Waals surface area contributed by atoms with Crippen LogP contribution in [0.4, 0.5) is 13.2 Å². The van der Waals surface area contributed by atoms with Gasteiger partial charge in [-0.3, -0.25) is 4.79 Å². The molecule has 56 valence electrons. The molecule has 0 radical (unpaired) electrons. The minimum Gasteiger partial charge on any atom is -0.448 e. The second-order valence-corrected chi connectivity index (χ2v) is 2.57. The SMILES string of the molecule is O=C1OC2(C(F)(F)F)CC12. The summed E-state index contributed by atoms with van der Waals surface area (Å²) in [5.41, 5.74) is -2.05. The van der Waals surface area contributed by atoms with Gasteiger partial charge < -0.3 is 4.74 Å². The van der Waals surface area contributed by atoms with Gasteiger partial charge in [0.05, 0.1) is 0 Å². The number of esters is 1. The monoisotopic (exact) mass is 152 g/mol. The molecule has 1 heterocycles. The summed E-state index contributed by atoms with van der Waals surface area (Å²) in [6.07, 6.45) is -4.53. The highest BCUT2D eigenvalue weighted by Gasteiger charge is 2.84. The smallest absolute Gasteiger partial charge is 0.429 e. The van der Waals surface area contributed by atoms with E-state index in [2.05, 4.69) is 4.74 Å². The van der Waals surface area contributed by atoms with E-state index in [1.807, 2.05) is 0 Å². The van der Waals surface area contributed by atoms with Crippen LogP contribution in [0.15, 0.2) is 0 Å². The second-order valence-electron chi connectivity index (χ2n) is 2.57. The maximum atomic E-state index is 11.8. The lowest BCUT2D eigenvalue weighted by atomic mass is 10.2. The molecular formula is C5H3F3O2. The van der Waals surface area contributed by atoms with E-state index < -0.39 is 23.7 Å². The summed E-state index contributed by atoms with van der Waals surface area (Å²) < 4.78 is 39.5. The zero-order valence-electron chi connectivity index (χ0n) is 4.73. The number of hydrogen-bond donors (Lipinski definition) is 0. The van der Waals surface area contributed by atoms with Gasteiger partial charge in [-0.1, -0.05) is 0 Å². The lowest BCUT2D eigenvalue weighted by Gasteiger charge is -2.27. The fourth-order valence-electron chi connectivity index (χ4n) is 1.19. The van der Waals surface area contributed by atoms with Crippen molar-refractivity contribution < 1.29 is 22.7 Å². The van der Waals surface area contributed by atoms with E-state index in [1.54, 1.807) is 0 Å². The maximum absolute atomic E-state index is 11.8. The maximum Gasteiger partial charge on any atom is 0.429 e. The molecule has 0 aromatic carbocycles. The van der Waals surface area contributed by atoms with Crippen molar-refractivity contribution in [1.82, 2.24) is 0 Å². The highest BCUT2D eigenvalue weighted by molar-refractivity contribution is 5.86. The van der Waals surface area contributed by atoms with Crippen LogP contribution in [0.1, 0.15) is 6.42 Å². The van der Waals surface area contributed by atoms with E-state index in [-0.39, 0.29) is 6.42 Å². The molecule has 1 saturated heterocycles. The van der Waals surface area contributed by atoms with Gasteiger partial charge in [0.1, 0.15) is 5.92 Å². The molecule has 2 nitrogen and oxygen atoms in total. The third-order valence-electron chi connectivity index (χ3n) is 1.96. The van der Waals surface area contributed by atoms with Gasteiger partial charge >= 0.3 is 12.1 Å². The summed E-state index contributed by atoms with van der Waals surface area (Å²) >= 11 is 0. The first-order valence-corrected chi connectivity index (χ1v) is 2.77. The summed E-state index contributed by atoms with van der Waals surface area (Å²) in [7, 11) is 0. The molecule has 0 spiro atoms. The molecule has 0 aromatic heterocycles. The van der Waals surface area contributed by atoms with Crippen molar-refractivity contribution in [3.63, 3.8) is 0 Å². The van der Waals surface area contributed by atoms with Gasteiger partial charge in [0, 0.05) is 6.42 Å².